The third-order valence-electron chi connectivity index (χ3n) is 2.08. The molecule has 0 amide bonds. The van der Waals surface area contributed by atoms with Crippen LogP contribution in [0.3, 0.4) is 0 Å². The van der Waals surface area contributed by atoms with Gasteiger partial charge in [0.25, 0.3) is 0 Å². The Kier molecular flexibility index (Phi) is 6.39. The molecule has 0 fully saturated rings. The maximum Gasteiger partial charge on any atom is 0.310 e. The minimum Gasteiger partial charge on any atom is -0.481 e. The van der Waals surface area contributed by atoms with E-state index in [9.17, 15) is 4.79 Å². The van der Waals surface area contributed by atoms with Gasteiger partial charge in [-0.2, -0.15) is 0 Å². The van der Waals surface area contributed by atoms with Crippen LogP contribution in [-0.2, 0) is 4.79 Å². The maximum atomic E-state index is 10.7. The predicted octanol–water partition coefficient (Wildman–Crippen LogP) is 1.65. The van der Waals surface area contributed by atoms with E-state index in [1.165, 1.54) is 0 Å². The molecule has 0 aromatic rings. The molecule has 0 bridgehead atoms. The molecule has 0 radical (unpaired) electrons. The molecule has 0 aromatic heterocycles. The van der Waals surface area contributed by atoms with Crippen LogP contribution in [0.1, 0.15) is 33.6 Å². The second-order valence-electron chi connectivity index (χ2n) is 3.42. The Morgan fingerprint density at radius 3 is 2.25 bits per heavy atom. The van der Waals surface area contributed by atoms with Crippen molar-refractivity contribution in [2.24, 2.45) is 11.1 Å². The summed E-state index contributed by atoms with van der Waals surface area (Å²) in [5, 5.41) is 8.76. The first-order chi connectivity index (χ1) is 4.92. The van der Waals surface area contributed by atoms with Gasteiger partial charge in [-0.05, 0) is 20.3 Å². The van der Waals surface area contributed by atoms with Gasteiger partial charge in [-0.25, -0.2) is 0 Å². The Morgan fingerprint density at radius 2 is 2.00 bits per heavy atom. The molecule has 1 atom stereocenters. The molecule has 0 spiro atoms. The molecule has 3 N–H and O–H groups in total. The first kappa shape index (κ1) is 14.3. The molecule has 0 aliphatic carbocycles. The van der Waals surface area contributed by atoms with Crippen molar-refractivity contribution in [3.63, 3.8) is 0 Å². The molecule has 0 aromatic carbocycles. The minimum atomic E-state index is -0.821. The first-order valence-corrected chi connectivity index (χ1v) is 3.92. The van der Waals surface area contributed by atoms with Crippen molar-refractivity contribution in [3.8, 4) is 0 Å². The van der Waals surface area contributed by atoms with E-state index in [4.69, 9.17) is 10.8 Å². The molecule has 0 saturated heterocycles. The van der Waals surface area contributed by atoms with E-state index in [1.807, 2.05) is 6.92 Å². The van der Waals surface area contributed by atoms with Crippen LogP contribution in [0.5, 0.6) is 0 Å². The van der Waals surface area contributed by atoms with Gasteiger partial charge in [0.05, 0.1) is 5.41 Å². The van der Waals surface area contributed by atoms with Crippen LogP contribution in [0.4, 0.5) is 0 Å². The number of aliphatic carboxylic acids is 1. The average molecular weight is 196 g/mol. The highest BCUT2D eigenvalue weighted by molar-refractivity contribution is 5.85. The normalized spacial score (nSPS) is 13.3. The van der Waals surface area contributed by atoms with E-state index >= 15 is 0 Å². The van der Waals surface area contributed by atoms with E-state index < -0.39 is 11.4 Å². The number of carbonyl (C=O) groups is 1. The third-order valence-corrected chi connectivity index (χ3v) is 2.08. The standard InChI is InChI=1S/C8H17NO2.ClH/c1-4-5-6(9)8(2,3)7(10)11;/h6H,4-5,9H2,1-3H3,(H,10,11);1H. The Hall–Kier alpha value is -0.280. The highest BCUT2D eigenvalue weighted by Gasteiger charge is 2.33. The van der Waals surface area contributed by atoms with Crippen LogP contribution in [-0.4, -0.2) is 17.1 Å². The summed E-state index contributed by atoms with van der Waals surface area (Å²) in [6.07, 6.45) is 1.69. The number of carboxylic acid groups (broad SMARTS) is 1. The quantitative estimate of drug-likeness (QED) is 0.717. The average Bonchev–Trinajstić information content (AvgIpc) is 1.88. The highest BCUT2D eigenvalue weighted by Crippen LogP contribution is 2.22. The number of halogens is 1. The topological polar surface area (TPSA) is 63.3 Å². The summed E-state index contributed by atoms with van der Waals surface area (Å²) in [6.45, 7) is 5.32. The van der Waals surface area contributed by atoms with Crippen molar-refractivity contribution in [2.75, 3.05) is 0 Å². The van der Waals surface area contributed by atoms with Crippen molar-refractivity contribution in [1.29, 1.82) is 0 Å². The van der Waals surface area contributed by atoms with Gasteiger partial charge >= 0.3 is 5.97 Å². The van der Waals surface area contributed by atoms with Gasteiger partial charge in [-0.3, -0.25) is 4.79 Å². The summed E-state index contributed by atoms with van der Waals surface area (Å²) < 4.78 is 0. The van der Waals surface area contributed by atoms with Crippen molar-refractivity contribution in [3.05, 3.63) is 0 Å². The lowest BCUT2D eigenvalue weighted by Crippen LogP contribution is -2.43. The summed E-state index contributed by atoms with van der Waals surface area (Å²) in [5.74, 6) is -0.821. The third kappa shape index (κ3) is 3.41. The number of rotatable bonds is 4. The molecule has 12 heavy (non-hydrogen) atoms. The van der Waals surface area contributed by atoms with E-state index in [2.05, 4.69) is 0 Å². The second-order valence-corrected chi connectivity index (χ2v) is 3.42. The SMILES string of the molecule is CCCC(N)C(C)(C)C(=O)O.Cl. The Bertz CT molecular complexity index is 148. The lowest BCUT2D eigenvalue weighted by Gasteiger charge is -2.26. The Labute approximate surface area is 79.7 Å². The summed E-state index contributed by atoms with van der Waals surface area (Å²) in [7, 11) is 0. The van der Waals surface area contributed by atoms with Crippen molar-refractivity contribution in [1.82, 2.24) is 0 Å². The fourth-order valence-corrected chi connectivity index (χ4v) is 0.830. The van der Waals surface area contributed by atoms with E-state index in [0.717, 1.165) is 12.8 Å². The van der Waals surface area contributed by atoms with Crippen LogP contribution in [0.15, 0.2) is 0 Å². The zero-order chi connectivity index (χ0) is 9.07. The van der Waals surface area contributed by atoms with Crippen LogP contribution >= 0.6 is 12.4 Å². The molecular formula is C8H18ClNO2. The monoisotopic (exact) mass is 195 g/mol. The van der Waals surface area contributed by atoms with Gasteiger partial charge in [0.15, 0.2) is 0 Å². The molecule has 0 heterocycles. The fourth-order valence-electron chi connectivity index (χ4n) is 0.830. The maximum absolute atomic E-state index is 10.7. The second kappa shape index (κ2) is 5.38. The van der Waals surface area contributed by atoms with E-state index in [-0.39, 0.29) is 18.4 Å². The van der Waals surface area contributed by atoms with Crippen molar-refractivity contribution in [2.45, 2.75) is 39.7 Å². The number of hydrogen-bond donors (Lipinski definition) is 2. The molecule has 74 valence electrons. The number of carboxylic acids is 1. The predicted molar refractivity (Wildman–Crippen MR) is 51.5 cm³/mol. The molecule has 0 saturated carbocycles. The Morgan fingerprint density at radius 1 is 1.58 bits per heavy atom. The van der Waals surface area contributed by atoms with Gasteiger partial charge in [0.2, 0.25) is 0 Å². The summed E-state index contributed by atoms with van der Waals surface area (Å²) in [5.41, 5.74) is 4.89. The highest BCUT2D eigenvalue weighted by atomic mass is 35.5. The summed E-state index contributed by atoms with van der Waals surface area (Å²) in [4.78, 5) is 10.7. The molecule has 0 rings (SSSR count). The fraction of sp³-hybridized carbons (Fsp3) is 0.875. The zero-order valence-electron chi connectivity index (χ0n) is 7.83. The van der Waals surface area contributed by atoms with Gasteiger partial charge < -0.3 is 10.8 Å². The lowest BCUT2D eigenvalue weighted by molar-refractivity contribution is -0.148. The van der Waals surface area contributed by atoms with Gasteiger partial charge in [-0.15, -0.1) is 12.4 Å². The number of hydrogen-bond acceptors (Lipinski definition) is 2. The van der Waals surface area contributed by atoms with Crippen molar-refractivity contribution < 1.29 is 9.90 Å². The van der Waals surface area contributed by atoms with Crippen LogP contribution in [0, 0.1) is 5.41 Å². The summed E-state index contributed by atoms with van der Waals surface area (Å²) >= 11 is 0. The lowest BCUT2D eigenvalue weighted by atomic mass is 9.83. The van der Waals surface area contributed by atoms with Gasteiger partial charge in [0, 0.05) is 6.04 Å². The molecule has 3 nitrogen and oxygen atoms in total. The van der Waals surface area contributed by atoms with E-state index in [1.54, 1.807) is 13.8 Å². The van der Waals surface area contributed by atoms with Crippen molar-refractivity contribution >= 4 is 18.4 Å². The Balaban J connectivity index is 0. The summed E-state index contributed by atoms with van der Waals surface area (Å²) in [6, 6.07) is -0.245. The largest absolute Gasteiger partial charge is 0.481 e. The smallest absolute Gasteiger partial charge is 0.310 e. The molecule has 0 aliphatic rings. The van der Waals surface area contributed by atoms with E-state index in [0.29, 0.717) is 0 Å². The molecule has 4 heteroatoms. The first-order valence-electron chi connectivity index (χ1n) is 3.92. The minimum absolute atomic E-state index is 0. The number of nitrogens with two attached hydrogens (primary N) is 1. The van der Waals surface area contributed by atoms with Gasteiger partial charge in [0.1, 0.15) is 0 Å². The van der Waals surface area contributed by atoms with Gasteiger partial charge in [-0.1, -0.05) is 13.3 Å². The molecule has 1 unspecified atom stereocenters. The molecular weight excluding hydrogens is 178 g/mol. The molecule has 0 aliphatic heterocycles. The zero-order valence-corrected chi connectivity index (χ0v) is 8.65. The van der Waals surface area contributed by atoms with Crippen LogP contribution in [0.25, 0.3) is 0 Å². The van der Waals surface area contributed by atoms with Crippen LogP contribution < -0.4 is 5.73 Å². The van der Waals surface area contributed by atoms with Crippen LogP contribution in [0.2, 0.25) is 0 Å².